The molecular weight excluding hydrogens is 398 g/mol. The van der Waals surface area contributed by atoms with Gasteiger partial charge in [0.25, 0.3) is 0 Å². The van der Waals surface area contributed by atoms with Crippen LogP contribution in [0.1, 0.15) is 33.8 Å². The summed E-state index contributed by atoms with van der Waals surface area (Å²) in [6, 6.07) is 12.4. The molecule has 170 valence electrons. The molecule has 0 spiro atoms. The first-order chi connectivity index (χ1) is 15.6. The minimum absolute atomic E-state index is 0.699. The second-order valence-corrected chi connectivity index (χ2v) is 8.28. The maximum Gasteiger partial charge on any atom is 0.0589 e. The second kappa shape index (κ2) is 12.4. The van der Waals surface area contributed by atoms with Gasteiger partial charge in [-0.05, 0) is 55.7 Å². The van der Waals surface area contributed by atoms with Crippen molar-refractivity contribution in [3.8, 4) is 0 Å². The van der Waals surface area contributed by atoms with Gasteiger partial charge in [-0.2, -0.15) is 0 Å². The van der Waals surface area contributed by atoms with Gasteiger partial charge in [-0.3, -0.25) is 24.8 Å². The summed E-state index contributed by atoms with van der Waals surface area (Å²) in [6.45, 7) is 12.2. The van der Waals surface area contributed by atoms with E-state index in [2.05, 4.69) is 63.7 Å². The molecule has 0 N–H and O–H groups in total. The Balaban J connectivity index is 1.74. The number of pyridine rings is 3. The number of nitrogens with zero attached hydrogens (tertiary/aromatic N) is 5. The summed E-state index contributed by atoms with van der Waals surface area (Å²) in [5.74, 6) is 0. The van der Waals surface area contributed by atoms with Gasteiger partial charge in [0, 0.05) is 65.0 Å². The van der Waals surface area contributed by atoms with Gasteiger partial charge < -0.3 is 4.74 Å². The molecule has 3 rings (SSSR count). The van der Waals surface area contributed by atoms with Crippen molar-refractivity contribution in [3.63, 3.8) is 0 Å². The lowest BCUT2D eigenvalue weighted by atomic mass is 10.1. The first-order valence-corrected chi connectivity index (χ1v) is 11.2. The van der Waals surface area contributed by atoms with Gasteiger partial charge in [0.15, 0.2) is 0 Å². The van der Waals surface area contributed by atoms with Crippen molar-refractivity contribution in [2.45, 2.75) is 40.4 Å². The normalized spacial score (nSPS) is 11.4. The minimum atomic E-state index is 0.699. The second-order valence-electron chi connectivity index (χ2n) is 8.28. The summed E-state index contributed by atoms with van der Waals surface area (Å²) in [6.07, 6.45) is 5.62. The summed E-state index contributed by atoms with van der Waals surface area (Å²) >= 11 is 0. The Morgan fingerprint density at radius 1 is 0.625 bits per heavy atom. The van der Waals surface area contributed by atoms with Gasteiger partial charge in [-0.1, -0.05) is 18.2 Å². The number of aryl methyl sites for hydroxylation is 3. The van der Waals surface area contributed by atoms with Crippen LogP contribution in [0.4, 0.5) is 0 Å². The highest BCUT2D eigenvalue weighted by Crippen LogP contribution is 2.14. The van der Waals surface area contributed by atoms with E-state index in [-0.39, 0.29) is 0 Å². The predicted octanol–water partition coefficient (Wildman–Crippen LogP) is 3.95. The maximum atomic E-state index is 5.37. The number of methoxy groups -OCH3 is 1. The summed E-state index contributed by atoms with van der Waals surface area (Å²) < 4.78 is 5.37. The Morgan fingerprint density at radius 3 is 1.44 bits per heavy atom. The van der Waals surface area contributed by atoms with E-state index in [4.69, 9.17) is 4.74 Å². The van der Waals surface area contributed by atoms with E-state index in [0.29, 0.717) is 6.61 Å². The molecule has 0 aromatic carbocycles. The van der Waals surface area contributed by atoms with E-state index in [1.807, 2.05) is 36.8 Å². The van der Waals surface area contributed by atoms with Crippen molar-refractivity contribution >= 4 is 0 Å². The largest absolute Gasteiger partial charge is 0.383 e. The molecule has 0 amide bonds. The highest BCUT2D eigenvalue weighted by molar-refractivity contribution is 5.20. The van der Waals surface area contributed by atoms with Crippen molar-refractivity contribution in [3.05, 3.63) is 88.8 Å². The lowest BCUT2D eigenvalue weighted by molar-refractivity contribution is 0.127. The van der Waals surface area contributed by atoms with E-state index in [0.717, 1.165) is 56.4 Å². The zero-order valence-corrected chi connectivity index (χ0v) is 19.8. The first kappa shape index (κ1) is 24.0. The molecule has 6 nitrogen and oxygen atoms in total. The molecule has 0 aliphatic rings. The monoisotopic (exact) mass is 433 g/mol. The van der Waals surface area contributed by atoms with Crippen LogP contribution in [0, 0.1) is 20.8 Å². The molecule has 0 bridgehead atoms. The molecule has 0 radical (unpaired) electrons. The Kier molecular flexibility index (Phi) is 9.28. The van der Waals surface area contributed by atoms with E-state index in [1.54, 1.807) is 7.11 Å². The Bertz CT molecular complexity index is 930. The number of ether oxygens (including phenoxy) is 1. The Morgan fingerprint density at radius 2 is 1.03 bits per heavy atom. The van der Waals surface area contributed by atoms with Crippen molar-refractivity contribution in [2.24, 2.45) is 0 Å². The predicted molar refractivity (Wildman–Crippen MR) is 128 cm³/mol. The summed E-state index contributed by atoms with van der Waals surface area (Å²) in [7, 11) is 1.75. The quantitative estimate of drug-likeness (QED) is 0.431. The highest BCUT2D eigenvalue weighted by Gasteiger charge is 2.15. The topological polar surface area (TPSA) is 54.4 Å². The van der Waals surface area contributed by atoms with Crippen LogP contribution in [-0.4, -0.2) is 58.1 Å². The van der Waals surface area contributed by atoms with Crippen LogP contribution in [0.15, 0.2) is 55.0 Å². The molecular formula is C26H35N5O. The lowest BCUT2D eigenvalue weighted by Gasteiger charge is -2.28. The third-order valence-corrected chi connectivity index (χ3v) is 5.82. The molecule has 6 heteroatoms. The Labute approximate surface area is 192 Å². The molecule has 0 saturated carbocycles. The standard InChI is InChI=1S/C26H35N5O/c1-21-8-5-11-27-24(21)18-30(16-17-32-4)14-15-31(19-25-22(2)9-6-12-28-25)20-26-23(3)10-7-13-29-26/h5-13H,14-20H2,1-4H3. The van der Waals surface area contributed by atoms with Crippen LogP contribution >= 0.6 is 0 Å². The molecule has 3 aromatic heterocycles. The van der Waals surface area contributed by atoms with Crippen LogP contribution in [0.2, 0.25) is 0 Å². The van der Waals surface area contributed by atoms with Crippen molar-refractivity contribution in [2.75, 3.05) is 33.4 Å². The van der Waals surface area contributed by atoms with Crippen LogP contribution in [0.5, 0.6) is 0 Å². The molecule has 0 atom stereocenters. The van der Waals surface area contributed by atoms with Crippen LogP contribution in [-0.2, 0) is 24.4 Å². The number of rotatable bonds is 12. The summed E-state index contributed by atoms with van der Waals surface area (Å²) in [4.78, 5) is 18.7. The highest BCUT2D eigenvalue weighted by atomic mass is 16.5. The smallest absolute Gasteiger partial charge is 0.0589 e. The van der Waals surface area contributed by atoms with E-state index < -0.39 is 0 Å². The van der Waals surface area contributed by atoms with Crippen molar-refractivity contribution in [1.82, 2.24) is 24.8 Å². The molecule has 0 aliphatic heterocycles. The molecule has 0 saturated heterocycles. The maximum absolute atomic E-state index is 5.37. The summed E-state index contributed by atoms with van der Waals surface area (Å²) in [5.41, 5.74) is 7.01. The minimum Gasteiger partial charge on any atom is -0.383 e. The van der Waals surface area contributed by atoms with Crippen LogP contribution in [0.25, 0.3) is 0 Å². The SMILES string of the molecule is COCCN(CCN(Cc1ncccc1C)Cc1ncccc1C)Cc1ncccc1C. The van der Waals surface area contributed by atoms with E-state index in [1.165, 1.54) is 16.7 Å². The number of aromatic nitrogens is 3. The average Bonchev–Trinajstić information content (AvgIpc) is 2.79. The number of hydrogen-bond donors (Lipinski definition) is 0. The van der Waals surface area contributed by atoms with E-state index in [9.17, 15) is 0 Å². The number of hydrogen-bond acceptors (Lipinski definition) is 6. The summed E-state index contributed by atoms with van der Waals surface area (Å²) in [5, 5.41) is 0. The molecule has 0 unspecified atom stereocenters. The fourth-order valence-electron chi connectivity index (χ4n) is 3.67. The molecule has 32 heavy (non-hydrogen) atoms. The van der Waals surface area contributed by atoms with Gasteiger partial charge in [-0.15, -0.1) is 0 Å². The van der Waals surface area contributed by atoms with Gasteiger partial charge in [-0.25, -0.2) is 0 Å². The fraction of sp³-hybridized carbons (Fsp3) is 0.423. The van der Waals surface area contributed by atoms with Crippen molar-refractivity contribution < 1.29 is 4.74 Å². The average molecular weight is 434 g/mol. The third kappa shape index (κ3) is 7.19. The lowest BCUT2D eigenvalue weighted by Crippen LogP contribution is -2.37. The van der Waals surface area contributed by atoms with Crippen LogP contribution < -0.4 is 0 Å². The van der Waals surface area contributed by atoms with Gasteiger partial charge in [0.1, 0.15) is 0 Å². The molecule has 3 aromatic rings. The molecule has 0 fully saturated rings. The van der Waals surface area contributed by atoms with Gasteiger partial charge in [0.2, 0.25) is 0 Å². The molecule has 3 heterocycles. The van der Waals surface area contributed by atoms with Crippen LogP contribution in [0.3, 0.4) is 0 Å². The Hall–Kier alpha value is -2.67. The zero-order valence-electron chi connectivity index (χ0n) is 19.8. The third-order valence-electron chi connectivity index (χ3n) is 5.82. The zero-order chi connectivity index (χ0) is 22.8. The van der Waals surface area contributed by atoms with Gasteiger partial charge >= 0.3 is 0 Å². The van der Waals surface area contributed by atoms with E-state index >= 15 is 0 Å². The first-order valence-electron chi connectivity index (χ1n) is 11.2. The van der Waals surface area contributed by atoms with Crippen molar-refractivity contribution in [1.29, 1.82) is 0 Å². The molecule has 0 aliphatic carbocycles. The van der Waals surface area contributed by atoms with Gasteiger partial charge in [0.05, 0.1) is 23.7 Å². The fourth-order valence-corrected chi connectivity index (χ4v) is 3.67.